The van der Waals surface area contributed by atoms with E-state index in [1.807, 2.05) is 19.1 Å². The minimum atomic E-state index is -0.733. The molecule has 0 radical (unpaired) electrons. The maximum atomic E-state index is 5.72. The number of aromatic amines is 1. The van der Waals surface area contributed by atoms with E-state index in [-0.39, 0.29) is 0 Å². The van der Waals surface area contributed by atoms with Gasteiger partial charge >= 0.3 is 0 Å². The van der Waals surface area contributed by atoms with Crippen LogP contribution in [0.15, 0.2) is 24.3 Å². The highest BCUT2D eigenvalue weighted by Crippen LogP contribution is 2.38. The van der Waals surface area contributed by atoms with Gasteiger partial charge in [-0.2, -0.15) is 0 Å². The first-order valence-corrected chi connectivity index (χ1v) is 6.56. The quantitative estimate of drug-likeness (QED) is 0.787. The van der Waals surface area contributed by atoms with E-state index >= 15 is 0 Å². The van der Waals surface area contributed by atoms with E-state index in [4.69, 9.17) is 15.2 Å². The van der Waals surface area contributed by atoms with Crippen LogP contribution in [0.1, 0.15) is 24.1 Å². The van der Waals surface area contributed by atoms with Crippen LogP contribution in [0.3, 0.4) is 0 Å². The zero-order chi connectivity index (χ0) is 13.9. The lowest BCUT2D eigenvalue weighted by molar-refractivity contribution is -0.219. The van der Waals surface area contributed by atoms with Crippen LogP contribution in [0.4, 0.5) is 0 Å². The highest BCUT2D eigenvalue weighted by Gasteiger charge is 2.35. The molecule has 104 valence electrons. The number of hydrogen-bond acceptors (Lipinski definition) is 3. The normalized spacial score (nSPS) is 12.2. The molecule has 2 aromatic rings. The second-order valence-electron chi connectivity index (χ2n) is 4.72. The predicted octanol–water partition coefficient (Wildman–Crippen LogP) is 2.66. The zero-order valence-corrected chi connectivity index (χ0v) is 11.8. The zero-order valence-electron chi connectivity index (χ0n) is 11.8. The molecular weight excluding hydrogens is 240 g/mol. The summed E-state index contributed by atoms with van der Waals surface area (Å²) in [6.07, 6.45) is 1.58. The second-order valence-corrected chi connectivity index (χ2v) is 4.72. The van der Waals surface area contributed by atoms with Crippen molar-refractivity contribution in [2.24, 2.45) is 5.73 Å². The molecule has 4 nitrogen and oxygen atoms in total. The van der Waals surface area contributed by atoms with Gasteiger partial charge in [0, 0.05) is 42.8 Å². The summed E-state index contributed by atoms with van der Waals surface area (Å²) in [4.78, 5) is 3.39. The summed E-state index contributed by atoms with van der Waals surface area (Å²) in [5.41, 5.74) is 8.87. The molecule has 0 spiro atoms. The summed E-state index contributed by atoms with van der Waals surface area (Å²) in [5.74, 6) is -0.733. The summed E-state index contributed by atoms with van der Waals surface area (Å²) in [5, 5.41) is 1.14. The molecule has 2 rings (SSSR count). The van der Waals surface area contributed by atoms with Crippen molar-refractivity contribution in [1.29, 1.82) is 0 Å². The molecule has 0 saturated carbocycles. The number of ether oxygens (including phenoxy) is 2. The Morgan fingerprint density at radius 3 is 2.53 bits per heavy atom. The van der Waals surface area contributed by atoms with Crippen LogP contribution in [0.2, 0.25) is 0 Å². The number of nitrogens with one attached hydrogen (secondary N) is 1. The first kappa shape index (κ1) is 14.1. The molecule has 3 N–H and O–H groups in total. The lowest BCUT2D eigenvalue weighted by Crippen LogP contribution is -2.32. The van der Waals surface area contributed by atoms with Gasteiger partial charge in [0.05, 0.1) is 0 Å². The minimum absolute atomic E-state index is 0.621. The first-order chi connectivity index (χ1) is 9.18. The predicted molar refractivity (Wildman–Crippen MR) is 77.0 cm³/mol. The maximum absolute atomic E-state index is 5.72. The van der Waals surface area contributed by atoms with Crippen molar-refractivity contribution < 1.29 is 9.47 Å². The molecule has 0 aliphatic rings. The number of hydrogen-bond donors (Lipinski definition) is 2. The number of aromatic nitrogens is 1. The topological polar surface area (TPSA) is 60.3 Å². The fourth-order valence-electron chi connectivity index (χ4n) is 2.72. The lowest BCUT2D eigenvalue weighted by atomic mass is 9.97. The lowest BCUT2D eigenvalue weighted by Gasteiger charge is -2.31. The van der Waals surface area contributed by atoms with Gasteiger partial charge in [-0.1, -0.05) is 18.2 Å². The van der Waals surface area contributed by atoms with Crippen LogP contribution in [-0.2, 0) is 15.3 Å². The standard InChI is InChI=1S/C15H22N2O2/c1-11-14(12-7-4-5-8-13(12)17-11)15(18-2,19-3)9-6-10-16/h4-5,7-8,17H,6,9-10,16H2,1-3H3. The average Bonchev–Trinajstić information content (AvgIpc) is 2.78. The third kappa shape index (κ3) is 2.39. The highest BCUT2D eigenvalue weighted by atomic mass is 16.7. The number of fused-ring (bicyclic) bond motifs is 1. The number of nitrogens with two attached hydrogens (primary N) is 1. The van der Waals surface area contributed by atoms with E-state index in [0.717, 1.165) is 35.0 Å². The van der Waals surface area contributed by atoms with Crippen LogP contribution in [0, 0.1) is 6.92 Å². The third-order valence-electron chi connectivity index (χ3n) is 3.64. The summed E-state index contributed by atoms with van der Waals surface area (Å²) >= 11 is 0. The SMILES string of the molecule is COC(CCCN)(OC)c1c(C)[nH]c2ccccc12. The monoisotopic (exact) mass is 262 g/mol. The van der Waals surface area contributed by atoms with Crippen LogP contribution < -0.4 is 5.73 Å². The number of aryl methyl sites for hydroxylation is 1. The van der Waals surface area contributed by atoms with Crippen molar-refractivity contribution in [1.82, 2.24) is 4.98 Å². The summed E-state index contributed by atoms with van der Waals surface area (Å²) in [6, 6.07) is 8.19. The Kier molecular flexibility index (Phi) is 4.24. The Balaban J connectivity index is 2.58. The van der Waals surface area contributed by atoms with Crippen molar-refractivity contribution in [2.75, 3.05) is 20.8 Å². The van der Waals surface area contributed by atoms with Crippen molar-refractivity contribution in [2.45, 2.75) is 25.6 Å². The Hall–Kier alpha value is -1.36. The molecule has 0 unspecified atom stereocenters. The third-order valence-corrected chi connectivity index (χ3v) is 3.64. The van der Waals surface area contributed by atoms with Gasteiger partial charge in [0.1, 0.15) is 0 Å². The fourth-order valence-corrected chi connectivity index (χ4v) is 2.72. The van der Waals surface area contributed by atoms with Gasteiger partial charge in [0.2, 0.25) is 0 Å². The highest BCUT2D eigenvalue weighted by molar-refractivity contribution is 5.85. The number of rotatable bonds is 6. The fraction of sp³-hybridized carbons (Fsp3) is 0.467. The van der Waals surface area contributed by atoms with Gasteiger partial charge in [-0.15, -0.1) is 0 Å². The molecule has 4 heteroatoms. The van der Waals surface area contributed by atoms with Crippen LogP contribution in [-0.4, -0.2) is 25.7 Å². The summed E-state index contributed by atoms with van der Waals surface area (Å²) in [7, 11) is 3.36. The molecular formula is C15H22N2O2. The van der Waals surface area contributed by atoms with Gasteiger partial charge in [0.25, 0.3) is 0 Å². The number of methoxy groups -OCH3 is 2. The van der Waals surface area contributed by atoms with Gasteiger partial charge in [-0.05, 0) is 26.0 Å². The first-order valence-electron chi connectivity index (χ1n) is 6.56. The maximum Gasteiger partial charge on any atom is 0.196 e. The molecule has 0 bridgehead atoms. The smallest absolute Gasteiger partial charge is 0.196 e. The van der Waals surface area contributed by atoms with Crippen LogP contribution in [0.25, 0.3) is 10.9 Å². The van der Waals surface area contributed by atoms with Crippen molar-refractivity contribution in [3.05, 3.63) is 35.5 Å². The molecule has 0 amide bonds. The van der Waals surface area contributed by atoms with E-state index in [1.54, 1.807) is 14.2 Å². The number of para-hydroxylation sites is 1. The van der Waals surface area contributed by atoms with E-state index in [0.29, 0.717) is 6.54 Å². The van der Waals surface area contributed by atoms with Gasteiger partial charge in [-0.25, -0.2) is 0 Å². The number of H-pyrrole nitrogens is 1. The molecule has 0 aliphatic carbocycles. The largest absolute Gasteiger partial charge is 0.358 e. The Morgan fingerprint density at radius 2 is 1.89 bits per heavy atom. The Bertz CT molecular complexity index is 544. The van der Waals surface area contributed by atoms with Crippen LogP contribution >= 0.6 is 0 Å². The molecule has 0 atom stereocenters. The van der Waals surface area contributed by atoms with Gasteiger partial charge in [0.15, 0.2) is 5.79 Å². The van der Waals surface area contributed by atoms with Crippen LogP contribution in [0.5, 0.6) is 0 Å². The van der Waals surface area contributed by atoms with E-state index < -0.39 is 5.79 Å². The minimum Gasteiger partial charge on any atom is -0.358 e. The average molecular weight is 262 g/mol. The molecule has 0 fully saturated rings. The number of benzene rings is 1. The van der Waals surface area contributed by atoms with E-state index in [1.165, 1.54) is 0 Å². The Labute approximate surface area is 113 Å². The van der Waals surface area contributed by atoms with Crippen molar-refractivity contribution >= 4 is 10.9 Å². The molecule has 1 heterocycles. The molecule has 1 aromatic carbocycles. The summed E-state index contributed by atoms with van der Waals surface area (Å²) in [6.45, 7) is 2.67. The molecule has 0 saturated heterocycles. The van der Waals surface area contributed by atoms with Crippen molar-refractivity contribution in [3.63, 3.8) is 0 Å². The summed E-state index contributed by atoms with van der Waals surface area (Å²) < 4.78 is 11.4. The molecule has 1 aromatic heterocycles. The van der Waals surface area contributed by atoms with Gasteiger partial charge in [-0.3, -0.25) is 0 Å². The van der Waals surface area contributed by atoms with E-state index in [9.17, 15) is 0 Å². The second kappa shape index (κ2) is 5.74. The molecule has 19 heavy (non-hydrogen) atoms. The Morgan fingerprint density at radius 1 is 1.21 bits per heavy atom. The van der Waals surface area contributed by atoms with E-state index in [2.05, 4.69) is 17.1 Å². The van der Waals surface area contributed by atoms with Gasteiger partial charge < -0.3 is 20.2 Å². The van der Waals surface area contributed by atoms with Crippen molar-refractivity contribution in [3.8, 4) is 0 Å². The molecule has 0 aliphatic heterocycles.